The van der Waals surface area contributed by atoms with Crippen LogP contribution in [0.25, 0.3) is 0 Å². The maximum absolute atomic E-state index is 13.8. The van der Waals surface area contributed by atoms with Crippen LogP contribution in [-0.4, -0.2) is 52.0 Å². The van der Waals surface area contributed by atoms with Gasteiger partial charge in [-0.15, -0.1) is 0 Å². The smallest absolute Gasteiger partial charge is 0.203 e. The predicted octanol–water partition coefficient (Wildman–Crippen LogP) is 9.86. The number of halogens is 6. The Morgan fingerprint density at radius 3 is 0.914 bits per heavy atom. The van der Waals surface area contributed by atoms with Crippen LogP contribution < -0.4 is 32.3 Å². The lowest BCUT2D eigenvalue weighted by Gasteiger charge is -2.19. The van der Waals surface area contributed by atoms with Crippen LogP contribution in [0.5, 0.6) is 0 Å². The summed E-state index contributed by atoms with van der Waals surface area (Å²) >= 11 is 32.5. The topological polar surface area (TPSA) is 240 Å². The Morgan fingerprint density at radius 1 is 0.371 bits per heavy atom. The van der Waals surface area contributed by atoms with Crippen LogP contribution in [0.2, 0.25) is 20.1 Å². The molecule has 0 spiro atoms. The van der Waals surface area contributed by atoms with Crippen LogP contribution >= 0.6 is 78.3 Å². The molecule has 3 aliphatic carbocycles. The van der Waals surface area contributed by atoms with Crippen LogP contribution in [0.1, 0.15) is 26.3 Å². The number of nitrogens with two attached hydrogens (primary N) is 1. The highest BCUT2D eigenvalue weighted by atomic mass is 79.9. The van der Waals surface area contributed by atoms with Crippen molar-refractivity contribution < 1.29 is 43.2 Å². The summed E-state index contributed by atoms with van der Waals surface area (Å²) in [6.45, 7) is 6.18. The minimum absolute atomic E-state index is 0.00885. The molecule has 0 radical (unpaired) electrons. The number of hydrogen-bond donors (Lipinski definition) is 6. The van der Waals surface area contributed by atoms with E-state index in [1.54, 1.807) is 25.1 Å². The van der Waals surface area contributed by atoms with E-state index in [2.05, 4.69) is 58.4 Å². The monoisotopic (exact) mass is 1150 g/mol. The first-order valence-electron chi connectivity index (χ1n) is 20.3. The molecule has 0 bridgehead atoms. The minimum Gasteiger partial charge on any atom is -0.404 e. The fourth-order valence-corrected chi connectivity index (χ4v) is 8.66. The van der Waals surface area contributed by atoms with Crippen molar-refractivity contribution in [1.82, 2.24) is 0 Å². The fraction of sp³-hybridized carbons (Fsp3) is 0.0816. The number of ketones is 9. The zero-order valence-corrected chi connectivity index (χ0v) is 42.9. The van der Waals surface area contributed by atoms with Crippen molar-refractivity contribution in [2.45, 2.75) is 27.7 Å². The van der Waals surface area contributed by atoms with Gasteiger partial charge in [-0.3, -0.25) is 43.2 Å². The van der Waals surface area contributed by atoms with E-state index >= 15 is 0 Å². The Kier molecular flexibility index (Phi) is 16.5. The molecule has 3 aromatic carbocycles. The zero-order valence-electron chi connectivity index (χ0n) is 36.7. The van der Waals surface area contributed by atoms with Gasteiger partial charge in [-0.25, -0.2) is 0 Å². The minimum atomic E-state index is -0.935. The van der Waals surface area contributed by atoms with Crippen LogP contribution in [-0.2, 0) is 43.2 Å². The third-order valence-electron chi connectivity index (χ3n) is 10.7. The Morgan fingerprint density at radius 2 is 0.614 bits per heavy atom. The van der Waals surface area contributed by atoms with Gasteiger partial charge in [-0.2, -0.15) is 0 Å². The Balaban J connectivity index is 1.21. The summed E-state index contributed by atoms with van der Waals surface area (Å²) in [5, 5.41) is 14.9. The SMILES string of the molecule is C/C=C1\C(=O)/C(=C/Nc2cc(Cl)c(N/C=C3\C(=O)/C(=C/C)C(=O)/C(=C/Nc4cc(Br)c(N/C=C5/C(=O)/C(=C\Nc6cc(Cl)c(C)cc6Cl)C(=O)/C(=C\C)C5=O)cc4Br)C3=O)cc2Cl)C(=O)/C(=C/N)C1=O. The molecule has 7 N–H and O–H groups in total. The van der Waals surface area contributed by atoms with Crippen LogP contribution in [0.4, 0.5) is 28.4 Å². The highest BCUT2D eigenvalue weighted by molar-refractivity contribution is 9.11. The van der Waals surface area contributed by atoms with Gasteiger partial charge in [0.25, 0.3) is 0 Å². The first kappa shape index (κ1) is 52.6. The van der Waals surface area contributed by atoms with Crippen molar-refractivity contribution in [2.75, 3.05) is 26.6 Å². The van der Waals surface area contributed by atoms with E-state index in [1.807, 2.05) is 0 Å². The number of allylic oxidation sites excluding steroid dienone is 12. The van der Waals surface area contributed by atoms with Crippen LogP contribution in [0.3, 0.4) is 0 Å². The molecule has 0 atom stereocenters. The van der Waals surface area contributed by atoms with Gasteiger partial charge in [-0.05, 0) is 102 Å². The summed E-state index contributed by atoms with van der Waals surface area (Å²) in [4.78, 5) is 119. The Hall–Kier alpha value is -6.73. The molecule has 3 aliphatic rings. The second kappa shape index (κ2) is 21.9. The van der Waals surface area contributed by atoms with Crippen LogP contribution in [0, 0.1) is 6.92 Å². The fourth-order valence-electron chi connectivity index (χ4n) is 6.87. The molecule has 6 rings (SSSR count). The Labute approximate surface area is 435 Å². The molecule has 0 saturated heterocycles. The van der Waals surface area contributed by atoms with Gasteiger partial charge in [0.1, 0.15) is 0 Å². The van der Waals surface area contributed by atoms with Gasteiger partial charge in [0.15, 0.2) is 0 Å². The van der Waals surface area contributed by atoms with Crippen molar-refractivity contribution in [3.63, 3.8) is 0 Å². The van der Waals surface area contributed by atoms with Gasteiger partial charge in [0.2, 0.25) is 52.0 Å². The van der Waals surface area contributed by atoms with E-state index in [0.717, 1.165) is 37.2 Å². The van der Waals surface area contributed by atoms with E-state index in [4.69, 9.17) is 52.1 Å². The number of carbonyl (C=O) groups excluding carboxylic acids is 9. The Bertz CT molecular complexity index is 3230. The normalized spacial score (nSPS) is 21.0. The lowest BCUT2D eigenvalue weighted by atomic mass is 9.83. The highest BCUT2D eigenvalue weighted by Crippen LogP contribution is 2.37. The highest BCUT2D eigenvalue weighted by Gasteiger charge is 2.40. The molecule has 0 aliphatic heterocycles. The molecule has 0 aromatic heterocycles. The lowest BCUT2D eigenvalue weighted by Crippen LogP contribution is -2.32. The van der Waals surface area contributed by atoms with Gasteiger partial charge >= 0.3 is 0 Å². The van der Waals surface area contributed by atoms with Crippen molar-refractivity contribution in [3.05, 3.63) is 177 Å². The summed E-state index contributed by atoms with van der Waals surface area (Å²) < 4.78 is 0.757. The van der Waals surface area contributed by atoms with Crippen LogP contribution in [0.15, 0.2) is 151 Å². The molecule has 0 amide bonds. The first-order chi connectivity index (χ1) is 33.2. The number of aryl methyl sites for hydroxylation is 1. The molecule has 0 unspecified atom stereocenters. The number of rotatable bonds is 10. The van der Waals surface area contributed by atoms with Crippen molar-refractivity contribution in [3.8, 4) is 0 Å². The number of anilines is 5. The predicted molar refractivity (Wildman–Crippen MR) is 277 cm³/mol. The number of hydrogen-bond acceptors (Lipinski definition) is 15. The van der Waals surface area contributed by atoms with Gasteiger partial charge in [-0.1, -0.05) is 64.6 Å². The second-order valence-corrected chi connectivity index (χ2v) is 18.2. The third kappa shape index (κ3) is 10.4. The number of nitrogens with one attached hydrogen (secondary N) is 5. The van der Waals surface area contributed by atoms with E-state index in [-0.39, 0.29) is 65.5 Å². The number of Topliss-reactive ketones (excluding diaryl/α,β-unsaturated/α-hetero) is 9. The summed E-state index contributed by atoms with van der Waals surface area (Å²) in [7, 11) is 0. The molecule has 3 aromatic rings. The molecule has 3 fully saturated rings. The van der Waals surface area contributed by atoms with Crippen molar-refractivity contribution in [1.29, 1.82) is 0 Å². The summed E-state index contributed by atoms with van der Waals surface area (Å²) in [6.07, 6.45) is 10.3. The molecule has 3 saturated carbocycles. The number of carbonyl (C=O) groups is 9. The average Bonchev–Trinajstić information content (AvgIpc) is 3.30. The van der Waals surface area contributed by atoms with Gasteiger partial charge in [0.05, 0.1) is 93.7 Å². The summed E-state index contributed by atoms with van der Waals surface area (Å²) in [6, 6.07) is 8.92. The molecule has 15 nitrogen and oxygen atoms in total. The maximum atomic E-state index is 13.8. The maximum Gasteiger partial charge on any atom is 0.203 e. The average molecular weight is 1150 g/mol. The van der Waals surface area contributed by atoms with Crippen molar-refractivity contribution in [2.24, 2.45) is 5.73 Å². The van der Waals surface area contributed by atoms with Crippen molar-refractivity contribution >= 4 is 159 Å². The molecule has 0 heterocycles. The summed E-state index contributed by atoms with van der Waals surface area (Å²) in [5.41, 5.74) is 4.46. The zero-order chi connectivity index (χ0) is 51.5. The summed E-state index contributed by atoms with van der Waals surface area (Å²) in [5.74, 6) is -7.59. The molecular formula is C49H34Br2Cl4N6O9. The van der Waals surface area contributed by atoms with Gasteiger partial charge in [0, 0.05) is 51.2 Å². The molecular weight excluding hydrogens is 1120 g/mol. The second-order valence-electron chi connectivity index (χ2n) is 14.9. The molecule has 70 heavy (non-hydrogen) atoms. The van der Waals surface area contributed by atoms with Gasteiger partial charge < -0.3 is 32.3 Å². The largest absolute Gasteiger partial charge is 0.404 e. The van der Waals surface area contributed by atoms with E-state index in [0.29, 0.717) is 36.6 Å². The van der Waals surface area contributed by atoms with E-state index in [9.17, 15) is 43.2 Å². The van der Waals surface area contributed by atoms with E-state index < -0.39 is 63.2 Å². The third-order valence-corrected chi connectivity index (χ3v) is 13.3. The first-order valence-corrected chi connectivity index (χ1v) is 23.4. The lowest BCUT2D eigenvalue weighted by molar-refractivity contribution is -0.126. The molecule has 21 heteroatoms. The van der Waals surface area contributed by atoms with E-state index in [1.165, 1.54) is 57.2 Å². The number of benzene rings is 3. The quantitative estimate of drug-likeness (QED) is 0.0818. The standard InChI is InChI=1S/C49H34Br2Cl4N6O9/c1-5-21-41(62)24(14-56)47(68)25(42(21)63)17-60-39-12-35(55)40(13-34(39)54)61-19-29-46(67)23(7-3)44(65)27(49(29)70)16-58-37-10-30(50)36(9-31(37)51)57-15-26-43(64)22(6-2)45(66)28(48(26)69)18-59-38-11-32(52)20(4)8-33(38)53/h5-19,57-61H,56H2,1-4H3/b21-5-,22-6-,23-7+,24-14+,25-17-,26-15+,27-16-,28-18-,29-19+. The molecule has 356 valence electrons.